The average Bonchev–Trinajstić information content (AvgIpc) is 3.52. The van der Waals surface area contributed by atoms with E-state index in [1.54, 1.807) is 0 Å². The Kier molecular flexibility index (Phi) is 8.63. The van der Waals surface area contributed by atoms with Crippen molar-refractivity contribution in [3.05, 3.63) is 33.4 Å². The Bertz CT molecular complexity index is 915. The van der Waals surface area contributed by atoms with Gasteiger partial charge in [-0.1, -0.05) is 36.4 Å². The van der Waals surface area contributed by atoms with Crippen molar-refractivity contribution in [2.24, 2.45) is 0 Å². The predicted molar refractivity (Wildman–Crippen MR) is 111 cm³/mol. The van der Waals surface area contributed by atoms with Crippen LogP contribution in [0.2, 0.25) is 0 Å². The van der Waals surface area contributed by atoms with Crippen LogP contribution in [-0.4, -0.2) is 88.0 Å². The number of carbonyl (C=O) groups excluding carboxylic acids is 2. The highest BCUT2D eigenvalue weighted by Gasteiger charge is 2.31. The van der Waals surface area contributed by atoms with Crippen molar-refractivity contribution in [1.29, 1.82) is 0 Å². The van der Waals surface area contributed by atoms with Crippen LogP contribution in [0.15, 0.2) is 0 Å². The van der Waals surface area contributed by atoms with E-state index in [0.717, 1.165) is 0 Å². The van der Waals surface area contributed by atoms with Crippen LogP contribution in [0.3, 0.4) is 0 Å². The molecule has 1 N–H and O–H groups in total. The van der Waals surface area contributed by atoms with E-state index in [1.807, 2.05) is 0 Å². The summed E-state index contributed by atoms with van der Waals surface area (Å²) in [5, 5.41) is 0. The number of hydrogen-bond acceptors (Lipinski definition) is 7. The van der Waals surface area contributed by atoms with Crippen LogP contribution < -0.4 is 0 Å². The second-order valence-corrected chi connectivity index (χ2v) is 8.03. The van der Waals surface area contributed by atoms with Gasteiger partial charge in [0.1, 0.15) is 25.1 Å². The number of rotatable bonds is 11. The van der Waals surface area contributed by atoms with Crippen LogP contribution in [0.4, 0.5) is 0 Å². The Balaban J connectivity index is 2.58. The molecule has 1 aromatic rings. The van der Waals surface area contributed by atoms with Gasteiger partial charge in [0.15, 0.2) is 0 Å². The van der Waals surface area contributed by atoms with E-state index in [1.165, 1.54) is 0 Å². The molecule has 1 aromatic carbocycles. The Morgan fingerprint density at radius 2 is 1.33 bits per heavy atom. The Morgan fingerprint density at radius 1 is 0.900 bits per heavy atom. The van der Waals surface area contributed by atoms with Gasteiger partial charge in [0.2, 0.25) is 0 Å². The number of ether oxygens (including phenoxy) is 3. The smallest absolute Gasteiger partial charge is 0.339 e. The van der Waals surface area contributed by atoms with Crippen molar-refractivity contribution in [2.45, 2.75) is 31.4 Å². The minimum atomic E-state index is -4.36. The summed E-state index contributed by atoms with van der Waals surface area (Å²) in [7, 11) is 19.0. The minimum Gasteiger partial charge on any atom is -0.461 e. The summed E-state index contributed by atoms with van der Waals surface area (Å²) in [5.74, 6) is -2.69. The third kappa shape index (κ3) is 5.92. The molecule has 2 rings (SSSR count). The van der Waals surface area contributed by atoms with E-state index in [9.17, 15) is 18.0 Å². The highest BCUT2D eigenvalue weighted by molar-refractivity contribution is 7.85. The van der Waals surface area contributed by atoms with E-state index in [4.69, 9.17) is 50.1 Å². The third-order valence-electron chi connectivity index (χ3n) is 4.55. The average molecular weight is 426 g/mol. The molecule has 1 saturated heterocycles. The van der Waals surface area contributed by atoms with E-state index < -0.39 is 34.4 Å². The normalized spacial score (nSPS) is 15.6. The van der Waals surface area contributed by atoms with Gasteiger partial charge in [0.25, 0.3) is 10.1 Å². The first kappa shape index (κ1) is 24.6. The number of esters is 2. The largest absolute Gasteiger partial charge is 0.461 e. The molecule has 13 heteroatoms. The number of epoxide rings is 1. The van der Waals surface area contributed by atoms with Gasteiger partial charge in [-0.15, -0.1) is 0 Å². The summed E-state index contributed by atoms with van der Waals surface area (Å²) in [6.07, 6.45) is -0.607. The first-order valence-corrected chi connectivity index (χ1v) is 10.7. The molecule has 0 aliphatic carbocycles. The highest BCUT2D eigenvalue weighted by Crippen LogP contribution is 2.31. The number of carbonyl (C=O) groups is 2. The van der Waals surface area contributed by atoms with E-state index in [-0.39, 0.29) is 60.2 Å². The zero-order valence-electron chi connectivity index (χ0n) is 16.3. The standard InChI is InChI=1S/C17H18B4O8S/c18-3-10-11(4-19)13(6-21)15(17(23)29-8-9-7-28-9)14(12(10)5-20)16(22)27-1-2-30(24,25)26/h9H,1-8H2,(H,24,25,26). The molecule has 0 saturated carbocycles. The second-order valence-electron chi connectivity index (χ2n) is 6.46. The molecule has 8 radical (unpaired) electrons. The van der Waals surface area contributed by atoms with Crippen LogP contribution >= 0.6 is 0 Å². The van der Waals surface area contributed by atoms with Gasteiger partial charge in [-0.25, -0.2) is 9.59 Å². The molecular formula is C17H18B4O8S. The number of hydrogen-bond donors (Lipinski definition) is 1. The van der Waals surface area contributed by atoms with Crippen molar-refractivity contribution < 1.29 is 36.8 Å². The lowest BCUT2D eigenvalue weighted by atomic mass is 9.72. The molecule has 1 heterocycles. The maximum absolute atomic E-state index is 12.9. The quantitative estimate of drug-likeness (QED) is 0.207. The Morgan fingerprint density at radius 3 is 1.70 bits per heavy atom. The molecule has 30 heavy (non-hydrogen) atoms. The zero-order chi connectivity index (χ0) is 22.5. The molecule has 1 unspecified atom stereocenters. The molecule has 0 spiro atoms. The van der Waals surface area contributed by atoms with Gasteiger partial charge in [-0.3, -0.25) is 4.55 Å². The Labute approximate surface area is 180 Å². The topological polar surface area (TPSA) is 119 Å². The van der Waals surface area contributed by atoms with Gasteiger partial charge in [-0.05, 0) is 11.1 Å². The molecule has 0 bridgehead atoms. The summed E-state index contributed by atoms with van der Waals surface area (Å²) >= 11 is 0. The summed E-state index contributed by atoms with van der Waals surface area (Å²) in [4.78, 5) is 25.7. The van der Waals surface area contributed by atoms with Crippen molar-refractivity contribution in [3.63, 3.8) is 0 Å². The first-order chi connectivity index (χ1) is 14.2. The molecule has 0 amide bonds. The molecule has 1 atom stereocenters. The maximum Gasteiger partial charge on any atom is 0.339 e. The maximum atomic E-state index is 12.9. The van der Waals surface area contributed by atoms with Gasteiger partial charge in [-0.2, -0.15) is 8.42 Å². The van der Waals surface area contributed by atoms with E-state index >= 15 is 0 Å². The molecule has 8 nitrogen and oxygen atoms in total. The SMILES string of the molecule is [B]Cc1c(C[B])c(C[B])c(C(=O)OCC2CO2)c(C(=O)OCCS(=O)(=O)O)c1C[B]. The van der Waals surface area contributed by atoms with E-state index in [0.29, 0.717) is 17.7 Å². The van der Waals surface area contributed by atoms with Crippen molar-refractivity contribution in [3.8, 4) is 0 Å². The van der Waals surface area contributed by atoms with Crippen LogP contribution in [0, 0.1) is 0 Å². The van der Waals surface area contributed by atoms with Crippen LogP contribution in [-0.2, 0) is 49.6 Å². The lowest BCUT2D eigenvalue weighted by Crippen LogP contribution is -2.25. The van der Waals surface area contributed by atoms with Crippen molar-refractivity contribution in [2.75, 3.05) is 25.6 Å². The fourth-order valence-corrected chi connectivity index (χ4v) is 3.37. The van der Waals surface area contributed by atoms with Crippen LogP contribution in [0.25, 0.3) is 0 Å². The second kappa shape index (κ2) is 10.5. The van der Waals surface area contributed by atoms with Crippen molar-refractivity contribution >= 4 is 53.4 Å². The van der Waals surface area contributed by atoms with Crippen molar-refractivity contribution in [1.82, 2.24) is 0 Å². The van der Waals surface area contributed by atoms with Gasteiger partial charge >= 0.3 is 11.9 Å². The lowest BCUT2D eigenvalue weighted by Gasteiger charge is -2.24. The minimum absolute atomic E-state index is 0.0177. The lowest BCUT2D eigenvalue weighted by molar-refractivity contribution is 0.0447. The molecule has 1 fully saturated rings. The predicted octanol–water partition coefficient (Wildman–Crippen LogP) is -1.04. The fourth-order valence-electron chi connectivity index (χ4n) is 3.08. The van der Waals surface area contributed by atoms with E-state index in [2.05, 4.69) is 0 Å². The summed E-state index contributed by atoms with van der Waals surface area (Å²) < 4.78 is 45.8. The molecule has 152 valence electrons. The van der Waals surface area contributed by atoms with Gasteiger partial charge in [0, 0.05) is 0 Å². The molecule has 1 aliphatic rings. The molecule has 0 aromatic heterocycles. The molecular weight excluding hydrogens is 407 g/mol. The highest BCUT2D eigenvalue weighted by atomic mass is 32.2. The van der Waals surface area contributed by atoms with Gasteiger partial charge in [0.05, 0.1) is 49.1 Å². The monoisotopic (exact) mass is 426 g/mol. The summed E-state index contributed by atoms with van der Waals surface area (Å²) in [6.45, 7) is -0.203. The number of benzene rings is 1. The zero-order valence-corrected chi connectivity index (χ0v) is 17.1. The third-order valence-corrected chi connectivity index (χ3v) is 5.23. The fraction of sp³-hybridized carbons (Fsp3) is 0.529. The summed E-state index contributed by atoms with van der Waals surface area (Å²) in [6, 6.07) is 0. The Hall–Kier alpha value is -1.71. The molecule has 1 aliphatic heterocycles. The van der Waals surface area contributed by atoms with Crippen LogP contribution in [0.1, 0.15) is 43.0 Å². The van der Waals surface area contributed by atoms with Crippen LogP contribution in [0.5, 0.6) is 0 Å². The van der Waals surface area contributed by atoms with Gasteiger partial charge < -0.3 is 14.2 Å². The first-order valence-electron chi connectivity index (χ1n) is 9.09. The summed E-state index contributed by atoms with van der Waals surface area (Å²) in [5.41, 5.74) is 1.04.